The van der Waals surface area contributed by atoms with Crippen molar-refractivity contribution in [2.24, 2.45) is 7.05 Å². The van der Waals surface area contributed by atoms with Gasteiger partial charge in [0.15, 0.2) is 5.65 Å². The number of aromatic nitrogens is 6. The van der Waals surface area contributed by atoms with E-state index in [2.05, 4.69) is 47.4 Å². The van der Waals surface area contributed by atoms with Crippen molar-refractivity contribution in [2.75, 3.05) is 11.4 Å². The molecule has 1 fully saturated rings. The lowest BCUT2D eigenvalue weighted by molar-refractivity contribution is 0.366. The third kappa shape index (κ3) is 2.63. The fourth-order valence-corrected chi connectivity index (χ4v) is 4.84. The van der Waals surface area contributed by atoms with E-state index < -0.39 is 0 Å². The number of nitrogens with zero attached hydrogens (tertiary/aromatic N) is 7. The first kappa shape index (κ1) is 17.6. The first-order valence-electron chi connectivity index (χ1n) is 10.5. The number of imidazole rings is 1. The standard InChI is InChI=1S/C21H29N7/c1-21(2,3)28-19-14(12-24-28)18(22-13-23-19)27-11-7-10-17(27)20-25-15-8-5-6-9-16(15)26(20)4/h12-13,17H,5-11H2,1-4H3/t17-/m0/s1. The van der Waals surface area contributed by atoms with E-state index in [1.165, 1.54) is 30.1 Å². The predicted molar refractivity (Wildman–Crippen MR) is 109 cm³/mol. The minimum Gasteiger partial charge on any atom is -0.346 e. The first-order valence-corrected chi connectivity index (χ1v) is 10.5. The van der Waals surface area contributed by atoms with Crippen LogP contribution >= 0.6 is 0 Å². The van der Waals surface area contributed by atoms with Gasteiger partial charge < -0.3 is 9.47 Å². The quantitative estimate of drug-likeness (QED) is 0.681. The molecule has 0 unspecified atom stereocenters. The minimum atomic E-state index is -0.115. The lowest BCUT2D eigenvalue weighted by Gasteiger charge is -2.26. The van der Waals surface area contributed by atoms with Crippen molar-refractivity contribution in [1.29, 1.82) is 0 Å². The maximum Gasteiger partial charge on any atom is 0.163 e. The fraction of sp³-hybridized carbons (Fsp3) is 0.619. The first-order chi connectivity index (χ1) is 13.4. The van der Waals surface area contributed by atoms with Crippen molar-refractivity contribution in [3.63, 3.8) is 0 Å². The summed E-state index contributed by atoms with van der Waals surface area (Å²) in [6.45, 7) is 7.45. The highest BCUT2D eigenvalue weighted by Gasteiger charge is 2.34. The Kier molecular flexibility index (Phi) is 3.96. The second-order valence-electron chi connectivity index (χ2n) is 9.14. The number of rotatable bonds is 2. The maximum absolute atomic E-state index is 5.09. The van der Waals surface area contributed by atoms with Crippen LogP contribution in [-0.2, 0) is 25.4 Å². The van der Waals surface area contributed by atoms with Crippen LogP contribution in [0.4, 0.5) is 5.82 Å². The monoisotopic (exact) mass is 379 g/mol. The number of aryl methyl sites for hydroxylation is 1. The van der Waals surface area contributed by atoms with E-state index in [4.69, 9.17) is 9.97 Å². The summed E-state index contributed by atoms with van der Waals surface area (Å²) in [6, 6.07) is 0.270. The van der Waals surface area contributed by atoms with E-state index in [0.717, 1.165) is 49.1 Å². The van der Waals surface area contributed by atoms with Gasteiger partial charge in [0.05, 0.1) is 28.9 Å². The van der Waals surface area contributed by atoms with Crippen molar-refractivity contribution >= 4 is 16.9 Å². The SMILES string of the molecule is Cn1c([C@@H]2CCCN2c2ncnc3c2cnn3C(C)(C)C)nc2c1CCCC2. The van der Waals surface area contributed by atoms with Crippen LogP contribution in [0, 0.1) is 0 Å². The van der Waals surface area contributed by atoms with Crippen LogP contribution < -0.4 is 4.90 Å². The summed E-state index contributed by atoms with van der Waals surface area (Å²) in [5, 5.41) is 5.66. The highest BCUT2D eigenvalue weighted by molar-refractivity contribution is 5.87. The molecule has 1 atom stereocenters. The van der Waals surface area contributed by atoms with Crippen LogP contribution in [-0.4, -0.2) is 35.8 Å². The molecule has 5 rings (SSSR count). The lowest BCUT2D eigenvalue weighted by Crippen LogP contribution is -2.26. The van der Waals surface area contributed by atoms with E-state index in [1.54, 1.807) is 6.33 Å². The molecular formula is C21H29N7. The number of fused-ring (bicyclic) bond motifs is 2. The Morgan fingerprint density at radius 2 is 1.89 bits per heavy atom. The molecule has 148 valence electrons. The Labute approximate surface area is 165 Å². The molecule has 1 aliphatic heterocycles. The molecule has 28 heavy (non-hydrogen) atoms. The normalized spacial score (nSPS) is 20.1. The molecule has 4 heterocycles. The largest absolute Gasteiger partial charge is 0.346 e. The van der Waals surface area contributed by atoms with Crippen molar-refractivity contribution in [3.8, 4) is 0 Å². The van der Waals surface area contributed by atoms with Gasteiger partial charge in [-0.1, -0.05) is 0 Å². The summed E-state index contributed by atoms with van der Waals surface area (Å²) < 4.78 is 4.35. The third-order valence-corrected chi connectivity index (χ3v) is 6.21. The van der Waals surface area contributed by atoms with Crippen molar-refractivity contribution in [2.45, 2.75) is 70.9 Å². The zero-order valence-electron chi connectivity index (χ0n) is 17.3. The van der Waals surface area contributed by atoms with Gasteiger partial charge in [0.25, 0.3) is 0 Å². The van der Waals surface area contributed by atoms with E-state index in [9.17, 15) is 0 Å². The topological polar surface area (TPSA) is 64.7 Å². The minimum absolute atomic E-state index is 0.115. The van der Waals surface area contributed by atoms with Gasteiger partial charge in [-0.05, 0) is 59.3 Å². The fourth-order valence-electron chi connectivity index (χ4n) is 4.84. The molecule has 0 bridgehead atoms. The Morgan fingerprint density at radius 3 is 2.68 bits per heavy atom. The Morgan fingerprint density at radius 1 is 1.07 bits per heavy atom. The average molecular weight is 380 g/mol. The summed E-state index contributed by atoms with van der Waals surface area (Å²) in [7, 11) is 2.19. The van der Waals surface area contributed by atoms with Crippen molar-refractivity contribution in [3.05, 3.63) is 29.7 Å². The van der Waals surface area contributed by atoms with E-state index >= 15 is 0 Å². The summed E-state index contributed by atoms with van der Waals surface area (Å²) in [6.07, 6.45) is 10.7. The summed E-state index contributed by atoms with van der Waals surface area (Å²) in [4.78, 5) is 16.8. The molecule has 1 saturated heterocycles. The highest BCUT2D eigenvalue weighted by Crippen LogP contribution is 2.39. The molecule has 7 nitrogen and oxygen atoms in total. The molecule has 0 saturated carbocycles. The van der Waals surface area contributed by atoms with Gasteiger partial charge in [-0.2, -0.15) is 5.10 Å². The van der Waals surface area contributed by atoms with E-state index in [1.807, 2.05) is 10.9 Å². The number of anilines is 1. The van der Waals surface area contributed by atoms with E-state index in [0.29, 0.717) is 0 Å². The summed E-state index contributed by atoms with van der Waals surface area (Å²) in [5.74, 6) is 2.18. The molecule has 3 aromatic heterocycles. The Hall–Kier alpha value is -2.44. The van der Waals surface area contributed by atoms with Gasteiger partial charge in [0, 0.05) is 19.3 Å². The van der Waals surface area contributed by atoms with Gasteiger partial charge >= 0.3 is 0 Å². The summed E-state index contributed by atoms with van der Waals surface area (Å²) >= 11 is 0. The molecular weight excluding hydrogens is 350 g/mol. The maximum atomic E-state index is 5.09. The number of hydrogen-bond donors (Lipinski definition) is 0. The van der Waals surface area contributed by atoms with Crippen LogP contribution in [0.25, 0.3) is 11.0 Å². The Bertz CT molecular complexity index is 1020. The van der Waals surface area contributed by atoms with Gasteiger partial charge in [-0.3, -0.25) is 0 Å². The van der Waals surface area contributed by atoms with Gasteiger partial charge in [0.1, 0.15) is 18.0 Å². The highest BCUT2D eigenvalue weighted by atomic mass is 15.3. The average Bonchev–Trinajstić information content (AvgIpc) is 3.37. The molecule has 1 aliphatic carbocycles. The molecule has 0 radical (unpaired) electrons. The molecule has 0 amide bonds. The second-order valence-corrected chi connectivity index (χ2v) is 9.14. The van der Waals surface area contributed by atoms with E-state index in [-0.39, 0.29) is 11.6 Å². The zero-order valence-corrected chi connectivity index (χ0v) is 17.3. The van der Waals surface area contributed by atoms with Gasteiger partial charge in [-0.25, -0.2) is 19.6 Å². The number of hydrogen-bond acceptors (Lipinski definition) is 5. The van der Waals surface area contributed by atoms with Gasteiger partial charge in [-0.15, -0.1) is 0 Å². The van der Waals surface area contributed by atoms with Crippen molar-refractivity contribution in [1.82, 2.24) is 29.3 Å². The zero-order chi connectivity index (χ0) is 19.5. The van der Waals surface area contributed by atoms with Crippen LogP contribution in [0.15, 0.2) is 12.5 Å². The van der Waals surface area contributed by atoms with Crippen molar-refractivity contribution < 1.29 is 0 Å². The molecule has 2 aliphatic rings. The third-order valence-electron chi connectivity index (χ3n) is 6.21. The van der Waals surface area contributed by atoms with Crippen LogP contribution in [0.2, 0.25) is 0 Å². The van der Waals surface area contributed by atoms with Gasteiger partial charge in [0.2, 0.25) is 0 Å². The lowest BCUT2D eigenvalue weighted by atomic mass is 10.0. The molecule has 0 spiro atoms. The molecule has 0 aromatic carbocycles. The second kappa shape index (κ2) is 6.29. The Balaban J connectivity index is 1.58. The predicted octanol–water partition coefficient (Wildman–Crippen LogP) is 3.54. The summed E-state index contributed by atoms with van der Waals surface area (Å²) in [5.41, 5.74) is 3.53. The molecule has 0 N–H and O–H groups in total. The molecule has 3 aromatic rings. The smallest absolute Gasteiger partial charge is 0.163 e. The van der Waals surface area contributed by atoms with Crippen LogP contribution in [0.3, 0.4) is 0 Å². The van der Waals surface area contributed by atoms with Crippen LogP contribution in [0.5, 0.6) is 0 Å². The van der Waals surface area contributed by atoms with Crippen LogP contribution in [0.1, 0.15) is 69.7 Å². The molecule has 7 heteroatoms.